The number of hydrogen-bond donors (Lipinski definition) is 1. The number of hydrogen-bond acceptors (Lipinski definition) is 4. The van der Waals surface area contributed by atoms with E-state index in [2.05, 4.69) is 12.0 Å². The fraction of sp³-hybridized carbons (Fsp3) is 0.667. The fourth-order valence-electron chi connectivity index (χ4n) is 1.34. The first-order chi connectivity index (χ1) is 6.92. The highest BCUT2D eigenvalue weighted by Gasteiger charge is 2.14. The molecule has 15 heavy (non-hydrogen) atoms. The second kappa shape index (κ2) is 4.76. The van der Waals surface area contributed by atoms with Gasteiger partial charge in [0.2, 0.25) is 0 Å². The first-order valence-corrected chi connectivity index (χ1v) is 6.94. The van der Waals surface area contributed by atoms with E-state index >= 15 is 0 Å². The minimum Gasteiger partial charge on any atom is -0.323 e. The summed E-state index contributed by atoms with van der Waals surface area (Å²) >= 11 is 0. The van der Waals surface area contributed by atoms with Gasteiger partial charge in [-0.2, -0.15) is 5.10 Å². The maximum atomic E-state index is 11.0. The minimum absolute atomic E-state index is 0.0369. The summed E-state index contributed by atoms with van der Waals surface area (Å²) in [6.45, 7) is 2.88. The van der Waals surface area contributed by atoms with Crippen molar-refractivity contribution in [2.45, 2.75) is 25.9 Å². The molecule has 0 radical (unpaired) electrons. The molecule has 0 aromatic carbocycles. The first-order valence-electron chi connectivity index (χ1n) is 4.88. The number of aryl methyl sites for hydroxylation is 1. The Hall–Kier alpha value is -0.880. The molecule has 1 aromatic heterocycles. The predicted molar refractivity (Wildman–Crippen MR) is 59.2 cm³/mol. The summed E-state index contributed by atoms with van der Waals surface area (Å²) in [6.07, 6.45) is 5.61. The summed E-state index contributed by atoms with van der Waals surface area (Å²) in [6, 6.07) is -0.481. The van der Waals surface area contributed by atoms with Crippen LogP contribution in [0, 0.1) is 0 Å². The lowest BCUT2D eigenvalue weighted by molar-refractivity contribution is 0.593. The number of nitrogens with zero attached hydrogens (tertiary/aromatic N) is 2. The van der Waals surface area contributed by atoms with Gasteiger partial charge in [0.1, 0.15) is 9.84 Å². The molecule has 1 aromatic rings. The Morgan fingerprint density at radius 1 is 1.60 bits per heavy atom. The van der Waals surface area contributed by atoms with Gasteiger partial charge >= 0.3 is 0 Å². The Morgan fingerprint density at radius 3 is 2.80 bits per heavy atom. The summed E-state index contributed by atoms with van der Waals surface area (Å²) in [5.41, 5.74) is 6.53. The second-order valence-corrected chi connectivity index (χ2v) is 5.92. The standard InChI is InChI=1S/C9H17N3O2S/c1-3-4-12-6-8(5-11-12)9(10)7-15(2,13)14/h5-6,9H,3-4,7,10H2,1-2H3. The van der Waals surface area contributed by atoms with Crippen LogP contribution in [-0.2, 0) is 16.4 Å². The highest BCUT2D eigenvalue weighted by molar-refractivity contribution is 7.90. The molecular formula is C9H17N3O2S. The van der Waals surface area contributed by atoms with Crippen molar-refractivity contribution < 1.29 is 8.42 Å². The average molecular weight is 231 g/mol. The van der Waals surface area contributed by atoms with Crippen LogP contribution >= 0.6 is 0 Å². The Labute approximate surface area is 90.2 Å². The van der Waals surface area contributed by atoms with Crippen molar-refractivity contribution in [1.82, 2.24) is 9.78 Å². The van der Waals surface area contributed by atoms with Crippen molar-refractivity contribution in [3.63, 3.8) is 0 Å². The van der Waals surface area contributed by atoms with Crippen molar-refractivity contribution in [2.75, 3.05) is 12.0 Å². The number of rotatable bonds is 5. The molecule has 0 amide bonds. The number of aromatic nitrogens is 2. The second-order valence-electron chi connectivity index (χ2n) is 3.74. The van der Waals surface area contributed by atoms with Crippen molar-refractivity contribution in [1.29, 1.82) is 0 Å². The van der Waals surface area contributed by atoms with Crippen LogP contribution in [0.15, 0.2) is 12.4 Å². The van der Waals surface area contributed by atoms with Gasteiger partial charge in [0.05, 0.1) is 11.9 Å². The highest BCUT2D eigenvalue weighted by Crippen LogP contribution is 2.11. The molecule has 0 aliphatic carbocycles. The molecule has 1 unspecified atom stereocenters. The number of sulfone groups is 1. The summed E-state index contributed by atoms with van der Waals surface area (Å²) < 4.78 is 23.9. The number of nitrogens with two attached hydrogens (primary N) is 1. The molecule has 0 bridgehead atoms. The van der Waals surface area contributed by atoms with E-state index in [1.165, 1.54) is 6.26 Å². The SMILES string of the molecule is CCCn1cc(C(N)CS(C)(=O)=O)cn1. The van der Waals surface area contributed by atoms with Crippen LogP contribution in [0.5, 0.6) is 0 Å². The molecule has 86 valence electrons. The third-order valence-electron chi connectivity index (χ3n) is 2.02. The minimum atomic E-state index is -3.04. The molecule has 1 rings (SSSR count). The topological polar surface area (TPSA) is 78.0 Å². The van der Waals surface area contributed by atoms with Gasteiger partial charge in [-0.05, 0) is 6.42 Å². The van der Waals surface area contributed by atoms with Crippen molar-refractivity contribution >= 4 is 9.84 Å². The largest absolute Gasteiger partial charge is 0.323 e. The van der Waals surface area contributed by atoms with E-state index in [0.29, 0.717) is 0 Å². The van der Waals surface area contributed by atoms with Crippen molar-refractivity contribution in [3.8, 4) is 0 Å². The molecule has 6 heteroatoms. The molecular weight excluding hydrogens is 214 g/mol. The average Bonchev–Trinajstić information content (AvgIpc) is 2.50. The first kappa shape index (κ1) is 12.2. The van der Waals surface area contributed by atoms with Crippen LogP contribution in [0.4, 0.5) is 0 Å². The smallest absolute Gasteiger partial charge is 0.149 e. The van der Waals surface area contributed by atoms with Crippen LogP contribution in [0.1, 0.15) is 24.9 Å². The Bertz CT molecular complexity index is 411. The Morgan fingerprint density at radius 2 is 2.27 bits per heavy atom. The normalized spacial score (nSPS) is 14.1. The molecule has 0 saturated heterocycles. The van der Waals surface area contributed by atoms with Gasteiger partial charge in [-0.1, -0.05) is 6.92 Å². The van der Waals surface area contributed by atoms with Crippen LogP contribution in [0.3, 0.4) is 0 Å². The lowest BCUT2D eigenvalue weighted by Crippen LogP contribution is -2.20. The van der Waals surface area contributed by atoms with E-state index in [4.69, 9.17) is 5.73 Å². The fourth-order valence-corrected chi connectivity index (χ4v) is 2.19. The van der Waals surface area contributed by atoms with Crippen LogP contribution < -0.4 is 5.73 Å². The molecule has 1 heterocycles. The van der Waals surface area contributed by atoms with E-state index in [9.17, 15) is 8.42 Å². The van der Waals surface area contributed by atoms with Gasteiger partial charge in [-0.25, -0.2) is 8.42 Å². The van der Waals surface area contributed by atoms with E-state index in [-0.39, 0.29) is 5.75 Å². The van der Waals surface area contributed by atoms with E-state index in [1.54, 1.807) is 17.1 Å². The van der Waals surface area contributed by atoms with Crippen LogP contribution in [0.25, 0.3) is 0 Å². The quantitative estimate of drug-likeness (QED) is 0.792. The molecule has 5 nitrogen and oxygen atoms in total. The van der Waals surface area contributed by atoms with E-state index in [0.717, 1.165) is 18.5 Å². The van der Waals surface area contributed by atoms with Gasteiger partial charge in [0, 0.05) is 30.6 Å². The van der Waals surface area contributed by atoms with Gasteiger partial charge < -0.3 is 5.73 Å². The summed E-state index contributed by atoms with van der Waals surface area (Å²) in [7, 11) is -3.04. The van der Waals surface area contributed by atoms with Crippen LogP contribution in [0.2, 0.25) is 0 Å². The zero-order chi connectivity index (χ0) is 11.5. The zero-order valence-electron chi connectivity index (χ0n) is 9.05. The summed E-state index contributed by atoms with van der Waals surface area (Å²) in [5.74, 6) is -0.0369. The van der Waals surface area contributed by atoms with Gasteiger partial charge in [-0.3, -0.25) is 4.68 Å². The molecule has 1 atom stereocenters. The monoisotopic (exact) mass is 231 g/mol. The lowest BCUT2D eigenvalue weighted by atomic mass is 10.2. The summed E-state index contributed by atoms with van der Waals surface area (Å²) in [5, 5.41) is 4.10. The Kier molecular flexibility index (Phi) is 3.87. The van der Waals surface area contributed by atoms with Gasteiger partial charge in [-0.15, -0.1) is 0 Å². The van der Waals surface area contributed by atoms with E-state index < -0.39 is 15.9 Å². The molecule has 0 aliphatic rings. The molecule has 0 fully saturated rings. The lowest BCUT2D eigenvalue weighted by Gasteiger charge is -2.06. The van der Waals surface area contributed by atoms with Crippen LogP contribution in [-0.4, -0.2) is 30.2 Å². The highest BCUT2D eigenvalue weighted by atomic mass is 32.2. The predicted octanol–water partition coefficient (Wildman–Crippen LogP) is 0.337. The molecule has 0 spiro atoms. The third-order valence-corrected chi connectivity index (χ3v) is 2.98. The zero-order valence-corrected chi connectivity index (χ0v) is 9.87. The Balaban J connectivity index is 2.70. The maximum absolute atomic E-state index is 11.0. The van der Waals surface area contributed by atoms with Gasteiger partial charge in [0.15, 0.2) is 0 Å². The van der Waals surface area contributed by atoms with Gasteiger partial charge in [0.25, 0.3) is 0 Å². The maximum Gasteiger partial charge on any atom is 0.149 e. The van der Waals surface area contributed by atoms with Crippen molar-refractivity contribution in [2.24, 2.45) is 5.73 Å². The molecule has 2 N–H and O–H groups in total. The summed E-state index contributed by atoms with van der Waals surface area (Å²) in [4.78, 5) is 0. The molecule has 0 saturated carbocycles. The molecule has 0 aliphatic heterocycles. The third kappa shape index (κ3) is 4.01. The van der Waals surface area contributed by atoms with Crippen molar-refractivity contribution in [3.05, 3.63) is 18.0 Å². The van der Waals surface area contributed by atoms with E-state index in [1.807, 2.05) is 0 Å².